The Hall–Kier alpha value is -1.42. The van der Waals surface area contributed by atoms with Gasteiger partial charge in [-0.3, -0.25) is 4.79 Å². The average Bonchev–Trinajstić information content (AvgIpc) is 2.89. The van der Waals surface area contributed by atoms with Crippen molar-refractivity contribution >= 4 is 5.91 Å². The molecule has 1 amide bonds. The van der Waals surface area contributed by atoms with Gasteiger partial charge in [-0.05, 0) is 37.3 Å². The van der Waals surface area contributed by atoms with Crippen LogP contribution in [0.4, 0.5) is 4.39 Å². The minimum absolute atomic E-state index is 0.00953. The molecule has 0 aromatic heterocycles. The maximum atomic E-state index is 13.5. The maximum Gasteiger partial charge on any atom is 0.220 e. The van der Waals surface area contributed by atoms with Crippen LogP contribution in [0.5, 0.6) is 0 Å². The summed E-state index contributed by atoms with van der Waals surface area (Å²) in [5.41, 5.74) is 0.617. The van der Waals surface area contributed by atoms with E-state index in [0.717, 1.165) is 19.3 Å². The molecule has 4 heteroatoms. The molecule has 2 fully saturated rings. The number of carbonyl (C=O) groups excluding carboxylic acids is 1. The third kappa shape index (κ3) is 3.67. The lowest BCUT2D eigenvalue weighted by atomic mass is 9.82. The normalized spacial score (nSPS) is 23.6. The molecule has 1 N–H and O–H groups in total. The van der Waals surface area contributed by atoms with Crippen molar-refractivity contribution < 1.29 is 13.9 Å². The summed E-state index contributed by atoms with van der Waals surface area (Å²) in [5.74, 6) is -0.245. The first-order valence-electron chi connectivity index (χ1n) is 8.34. The standard InChI is InChI=1S/C18H24FNO2/c19-16-7-3-2-6-14(16)8-9-17(21)20-15-12-18(22-13-15)10-4-1-5-11-18/h2-3,6-7,15H,1,4-5,8-13H2,(H,20,21)/t15-/m1/s1. The van der Waals surface area contributed by atoms with Crippen molar-refractivity contribution in [2.45, 2.75) is 63.0 Å². The fourth-order valence-electron chi connectivity index (χ4n) is 3.73. The molecule has 1 saturated heterocycles. The number of hydrogen-bond donors (Lipinski definition) is 1. The van der Waals surface area contributed by atoms with Crippen molar-refractivity contribution in [2.24, 2.45) is 0 Å². The van der Waals surface area contributed by atoms with Gasteiger partial charge < -0.3 is 10.1 Å². The number of amides is 1. The number of halogens is 1. The van der Waals surface area contributed by atoms with E-state index in [1.54, 1.807) is 18.2 Å². The predicted octanol–water partition coefficient (Wildman–Crippen LogP) is 3.37. The van der Waals surface area contributed by atoms with Crippen molar-refractivity contribution in [1.82, 2.24) is 5.32 Å². The minimum atomic E-state index is -0.236. The quantitative estimate of drug-likeness (QED) is 0.926. The van der Waals surface area contributed by atoms with Crippen molar-refractivity contribution in [1.29, 1.82) is 0 Å². The highest BCUT2D eigenvalue weighted by molar-refractivity contribution is 5.76. The van der Waals surface area contributed by atoms with E-state index in [1.165, 1.54) is 25.3 Å². The van der Waals surface area contributed by atoms with Gasteiger partial charge in [-0.25, -0.2) is 4.39 Å². The third-order valence-corrected chi connectivity index (χ3v) is 4.92. The largest absolute Gasteiger partial charge is 0.373 e. The van der Waals surface area contributed by atoms with Crippen LogP contribution in [0.2, 0.25) is 0 Å². The van der Waals surface area contributed by atoms with E-state index >= 15 is 0 Å². The van der Waals surface area contributed by atoms with Crippen LogP contribution in [0.25, 0.3) is 0 Å². The first-order chi connectivity index (χ1) is 10.7. The smallest absolute Gasteiger partial charge is 0.220 e. The van der Waals surface area contributed by atoms with Gasteiger partial charge in [0.15, 0.2) is 0 Å². The molecule has 1 aromatic carbocycles. The summed E-state index contributed by atoms with van der Waals surface area (Å²) in [5, 5.41) is 3.05. The first kappa shape index (κ1) is 15.5. The summed E-state index contributed by atoms with van der Waals surface area (Å²) in [7, 11) is 0. The van der Waals surface area contributed by atoms with Crippen LogP contribution in [0.3, 0.4) is 0 Å². The van der Waals surface area contributed by atoms with Gasteiger partial charge in [0.05, 0.1) is 18.2 Å². The fraction of sp³-hybridized carbons (Fsp3) is 0.611. The Labute approximate surface area is 131 Å². The molecule has 1 aliphatic heterocycles. The van der Waals surface area contributed by atoms with E-state index in [4.69, 9.17) is 4.74 Å². The molecule has 1 aromatic rings. The lowest BCUT2D eigenvalue weighted by Crippen LogP contribution is -2.37. The van der Waals surface area contributed by atoms with Crippen molar-refractivity contribution in [3.63, 3.8) is 0 Å². The molecule has 0 radical (unpaired) electrons. The first-order valence-corrected chi connectivity index (χ1v) is 8.34. The van der Waals surface area contributed by atoms with Crippen LogP contribution >= 0.6 is 0 Å². The molecule has 120 valence electrons. The third-order valence-electron chi connectivity index (χ3n) is 4.92. The Bertz CT molecular complexity index is 526. The Morgan fingerprint density at radius 2 is 2.05 bits per heavy atom. The predicted molar refractivity (Wildman–Crippen MR) is 83.0 cm³/mol. The van der Waals surface area contributed by atoms with Gasteiger partial charge in [-0.15, -0.1) is 0 Å². The molecule has 1 spiro atoms. The van der Waals surface area contributed by atoms with Crippen LogP contribution in [0, 0.1) is 5.82 Å². The number of aryl methyl sites for hydroxylation is 1. The molecule has 0 unspecified atom stereocenters. The van der Waals surface area contributed by atoms with Crippen molar-refractivity contribution in [3.8, 4) is 0 Å². The Balaban J connectivity index is 1.45. The summed E-state index contributed by atoms with van der Waals surface area (Å²) in [4.78, 5) is 12.1. The monoisotopic (exact) mass is 305 g/mol. The highest BCUT2D eigenvalue weighted by Gasteiger charge is 2.41. The van der Waals surface area contributed by atoms with Gasteiger partial charge >= 0.3 is 0 Å². The summed E-state index contributed by atoms with van der Waals surface area (Å²) in [6.45, 7) is 0.617. The van der Waals surface area contributed by atoms with Crippen LogP contribution in [-0.4, -0.2) is 24.2 Å². The molecule has 2 aliphatic rings. The summed E-state index contributed by atoms with van der Waals surface area (Å²) in [6.07, 6.45) is 7.69. The topological polar surface area (TPSA) is 38.3 Å². The van der Waals surface area contributed by atoms with Gasteiger partial charge in [0.1, 0.15) is 5.82 Å². The molecule has 0 bridgehead atoms. The van der Waals surface area contributed by atoms with Gasteiger partial charge in [0.25, 0.3) is 0 Å². The van der Waals surface area contributed by atoms with Gasteiger partial charge in [-0.1, -0.05) is 37.5 Å². The zero-order chi connectivity index (χ0) is 15.4. The molecule has 3 nitrogen and oxygen atoms in total. The van der Waals surface area contributed by atoms with Crippen LogP contribution < -0.4 is 5.32 Å². The number of ether oxygens (including phenoxy) is 1. The number of nitrogens with one attached hydrogen (secondary N) is 1. The molecule has 3 rings (SSSR count). The summed E-state index contributed by atoms with van der Waals surface area (Å²) >= 11 is 0. The molecule has 1 aliphatic carbocycles. The summed E-state index contributed by atoms with van der Waals surface area (Å²) < 4.78 is 19.5. The second-order valence-corrected chi connectivity index (χ2v) is 6.61. The second-order valence-electron chi connectivity index (χ2n) is 6.61. The van der Waals surface area contributed by atoms with Crippen LogP contribution in [0.15, 0.2) is 24.3 Å². The molecule has 22 heavy (non-hydrogen) atoms. The molecule has 1 saturated carbocycles. The molecule has 1 atom stereocenters. The van der Waals surface area contributed by atoms with E-state index in [2.05, 4.69) is 5.32 Å². The van der Waals surface area contributed by atoms with Crippen LogP contribution in [-0.2, 0) is 16.0 Å². The lowest BCUT2D eigenvalue weighted by molar-refractivity contribution is -0.121. The maximum absolute atomic E-state index is 13.5. The minimum Gasteiger partial charge on any atom is -0.373 e. The Morgan fingerprint density at radius 3 is 2.82 bits per heavy atom. The SMILES string of the molecule is O=C(CCc1ccccc1F)N[C@H]1COC2(CCCCC2)C1. The average molecular weight is 305 g/mol. The van der Waals surface area contributed by atoms with Crippen LogP contribution in [0.1, 0.15) is 50.5 Å². The Morgan fingerprint density at radius 1 is 1.27 bits per heavy atom. The molecular weight excluding hydrogens is 281 g/mol. The van der Waals surface area contributed by atoms with E-state index in [0.29, 0.717) is 25.0 Å². The van der Waals surface area contributed by atoms with Crippen molar-refractivity contribution in [3.05, 3.63) is 35.6 Å². The zero-order valence-electron chi connectivity index (χ0n) is 12.9. The van der Waals surface area contributed by atoms with Gasteiger partial charge in [0.2, 0.25) is 5.91 Å². The van der Waals surface area contributed by atoms with Gasteiger partial charge in [0, 0.05) is 6.42 Å². The number of carbonyl (C=O) groups is 1. The molecule has 1 heterocycles. The number of rotatable bonds is 4. The zero-order valence-corrected chi connectivity index (χ0v) is 12.9. The molecular formula is C18H24FNO2. The highest BCUT2D eigenvalue weighted by Crippen LogP contribution is 2.39. The number of hydrogen-bond acceptors (Lipinski definition) is 2. The van der Waals surface area contributed by atoms with Crippen molar-refractivity contribution in [2.75, 3.05) is 6.61 Å². The Kier molecular flexibility index (Phi) is 4.77. The number of benzene rings is 1. The highest BCUT2D eigenvalue weighted by atomic mass is 19.1. The summed E-state index contributed by atoms with van der Waals surface area (Å²) in [6, 6.07) is 6.75. The van der Waals surface area contributed by atoms with Gasteiger partial charge in [-0.2, -0.15) is 0 Å². The lowest BCUT2D eigenvalue weighted by Gasteiger charge is -2.32. The fourth-order valence-corrected chi connectivity index (χ4v) is 3.73. The second kappa shape index (κ2) is 6.78. The van der Waals surface area contributed by atoms with E-state index < -0.39 is 0 Å². The van der Waals surface area contributed by atoms with E-state index in [9.17, 15) is 9.18 Å². The van der Waals surface area contributed by atoms with E-state index in [1.807, 2.05) is 0 Å². The van der Waals surface area contributed by atoms with E-state index in [-0.39, 0.29) is 23.4 Å².